The van der Waals surface area contributed by atoms with Gasteiger partial charge < -0.3 is 10.2 Å². The van der Waals surface area contributed by atoms with Crippen molar-refractivity contribution in [1.29, 1.82) is 0 Å². The molecule has 0 saturated carbocycles. The maximum absolute atomic E-state index is 12.8. The van der Waals surface area contributed by atoms with Crippen LogP contribution in [-0.4, -0.2) is 37.5 Å². The van der Waals surface area contributed by atoms with Crippen LogP contribution in [0.1, 0.15) is 24.0 Å². The Morgan fingerprint density at radius 1 is 1.38 bits per heavy atom. The topological polar surface area (TPSA) is 32.3 Å². The van der Waals surface area contributed by atoms with Crippen molar-refractivity contribution in [1.82, 2.24) is 10.2 Å². The van der Waals surface area contributed by atoms with Crippen molar-refractivity contribution in [2.75, 3.05) is 26.7 Å². The van der Waals surface area contributed by atoms with E-state index in [4.69, 9.17) is 0 Å². The van der Waals surface area contributed by atoms with Crippen LogP contribution in [0.5, 0.6) is 0 Å². The van der Waals surface area contributed by atoms with E-state index in [0.717, 1.165) is 12.1 Å². The molecule has 1 aliphatic rings. The van der Waals surface area contributed by atoms with Crippen molar-refractivity contribution in [3.8, 4) is 0 Å². The second-order valence-corrected chi connectivity index (χ2v) is 5.35. The Bertz CT molecular complexity index is 516. The minimum Gasteiger partial charge on any atom is -0.346 e. The summed E-state index contributed by atoms with van der Waals surface area (Å²) in [5.41, 5.74) is -0.0976. The van der Waals surface area contributed by atoms with E-state index in [1.54, 1.807) is 18.0 Å². The molecule has 0 bridgehead atoms. The van der Waals surface area contributed by atoms with Gasteiger partial charge in [-0.05, 0) is 18.6 Å². The number of amides is 1. The summed E-state index contributed by atoms with van der Waals surface area (Å²) in [6, 6.07) is 5.28. The highest BCUT2D eigenvalue weighted by Crippen LogP contribution is 2.34. The largest absolute Gasteiger partial charge is 0.416 e. The lowest BCUT2D eigenvalue weighted by Gasteiger charge is -2.24. The van der Waals surface area contributed by atoms with Crippen LogP contribution >= 0.6 is 0 Å². The van der Waals surface area contributed by atoms with Crippen molar-refractivity contribution >= 4 is 5.91 Å². The molecule has 1 heterocycles. The van der Waals surface area contributed by atoms with Gasteiger partial charge in [-0.25, -0.2) is 0 Å². The van der Waals surface area contributed by atoms with Crippen molar-refractivity contribution in [2.24, 2.45) is 5.92 Å². The molecule has 1 aliphatic heterocycles. The summed E-state index contributed by atoms with van der Waals surface area (Å²) in [5, 5.41) is 3.11. The van der Waals surface area contributed by atoms with Gasteiger partial charge in [0.1, 0.15) is 0 Å². The zero-order chi connectivity index (χ0) is 15.6. The second-order valence-electron chi connectivity index (χ2n) is 5.35. The molecule has 6 heteroatoms. The summed E-state index contributed by atoms with van der Waals surface area (Å²) in [4.78, 5) is 13.9. The third kappa shape index (κ3) is 3.37. The van der Waals surface area contributed by atoms with Gasteiger partial charge in [-0.2, -0.15) is 13.2 Å². The molecule has 0 radical (unpaired) electrons. The highest BCUT2D eigenvalue weighted by Gasteiger charge is 2.37. The number of hydrogen-bond acceptors (Lipinski definition) is 2. The van der Waals surface area contributed by atoms with E-state index in [1.807, 2.05) is 6.92 Å². The number of rotatable bonds is 3. The predicted molar refractivity (Wildman–Crippen MR) is 73.9 cm³/mol. The first-order valence-corrected chi connectivity index (χ1v) is 6.97. The van der Waals surface area contributed by atoms with E-state index in [9.17, 15) is 18.0 Å². The van der Waals surface area contributed by atoms with E-state index < -0.39 is 11.7 Å². The molecule has 1 saturated heterocycles. The molecule has 1 aromatic rings. The first-order chi connectivity index (χ1) is 9.84. The average molecular weight is 300 g/mol. The van der Waals surface area contributed by atoms with Gasteiger partial charge in [-0.15, -0.1) is 0 Å². The monoisotopic (exact) mass is 300 g/mol. The molecule has 2 unspecified atom stereocenters. The highest BCUT2D eigenvalue weighted by molar-refractivity contribution is 5.80. The number of carbonyl (C=O) groups is 1. The van der Waals surface area contributed by atoms with Crippen molar-refractivity contribution in [3.05, 3.63) is 35.4 Å². The van der Waals surface area contributed by atoms with Crippen molar-refractivity contribution < 1.29 is 18.0 Å². The van der Waals surface area contributed by atoms with Gasteiger partial charge >= 0.3 is 6.18 Å². The molecule has 1 amide bonds. The fourth-order valence-corrected chi connectivity index (χ4v) is 2.67. The molecule has 1 aromatic carbocycles. The first kappa shape index (κ1) is 15.8. The molecule has 2 rings (SSSR count). The third-order valence-corrected chi connectivity index (χ3v) is 4.02. The number of benzene rings is 1. The Labute approximate surface area is 122 Å². The van der Waals surface area contributed by atoms with Crippen LogP contribution in [0.3, 0.4) is 0 Å². The summed E-state index contributed by atoms with van der Waals surface area (Å²) < 4.78 is 38.4. The Morgan fingerprint density at radius 2 is 2.10 bits per heavy atom. The third-order valence-electron chi connectivity index (χ3n) is 4.02. The number of nitrogens with one attached hydrogen (secondary N) is 1. The standard InChI is InChI=1S/C15H19F3N2O/c1-3-20(2)14(21)13-9-19-8-12(13)10-5-4-6-11(7-10)15(16,17)18/h4-7,12-13,19H,3,8-9H2,1-2H3. The van der Waals surface area contributed by atoms with E-state index in [1.165, 1.54) is 6.07 Å². The smallest absolute Gasteiger partial charge is 0.346 e. The van der Waals surface area contributed by atoms with Crippen LogP contribution in [0.15, 0.2) is 24.3 Å². The normalized spacial score (nSPS) is 22.3. The molecule has 21 heavy (non-hydrogen) atoms. The lowest BCUT2D eigenvalue weighted by molar-refractivity contribution is -0.137. The summed E-state index contributed by atoms with van der Waals surface area (Å²) in [5.74, 6) is -0.544. The summed E-state index contributed by atoms with van der Waals surface area (Å²) in [7, 11) is 1.71. The van der Waals surface area contributed by atoms with Gasteiger partial charge in [0.25, 0.3) is 0 Å². The van der Waals surface area contributed by atoms with Crippen LogP contribution in [0.4, 0.5) is 13.2 Å². The van der Waals surface area contributed by atoms with Gasteiger partial charge in [0.05, 0.1) is 11.5 Å². The van der Waals surface area contributed by atoms with Crippen LogP contribution in [0, 0.1) is 5.92 Å². The van der Waals surface area contributed by atoms with Crippen molar-refractivity contribution in [3.63, 3.8) is 0 Å². The molecule has 0 aliphatic carbocycles. The zero-order valence-electron chi connectivity index (χ0n) is 12.1. The summed E-state index contributed by atoms with van der Waals surface area (Å²) in [6.07, 6.45) is -4.36. The van der Waals surface area contributed by atoms with E-state index in [2.05, 4.69) is 5.32 Å². The number of carbonyl (C=O) groups excluding carboxylic acids is 1. The van der Waals surface area contributed by atoms with Gasteiger partial charge in [0, 0.05) is 32.6 Å². The summed E-state index contributed by atoms with van der Waals surface area (Å²) in [6.45, 7) is 3.49. The average Bonchev–Trinajstić information content (AvgIpc) is 2.94. The van der Waals surface area contributed by atoms with Crippen LogP contribution in [0.25, 0.3) is 0 Å². The van der Waals surface area contributed by atoms with Crippen LogP contribution in [-0.2, 0) is 11.0 Å². The molecule has 3 nitrogen and oxygen atoms in total. The number of halogens is 3. The molecule has 0 spiro atoms. The Balaban J connectivity index is 2.26. The molecule has 1 fully saturated rings. The zero-order valence-corrected chi connectivity index (χ0v) is 12.1. The first-order valence-electron chi connectivity index (χ1n) is 6.97. The fraction of sp³-hybridized carbons (Fsp3) is 0.533. The van der Waals surface area contributed by atoms with E-state index in [-0.39, 0.29) is 17.7 Å². The van der Waals surface area contributed by atoms with Crippen LogP contribution < -0.4 is 5.32 Å². The Hall–Kier alpha value is -1.56. The lowest BCUT2D eigenvalue weighted by atomic mass is 9.87. The fourth-order valence-electron chi connectivity index (χ4n) is 2.67. The van der Waals surface area contributed by atoms with E-state index >= 15 is 0 Å². The van der Waals surface area contributed by atoms with Crippen LogP contribution in [0.2, 0.25) is 0 Å². The Kier molecular flexibility index (Phi) is 4.56. The van der Waals surface area contributed by atoms with Gasteiger partial charge in [-0.1, -0.05) is 18.2 Å². The molecule has 116 valence electrons. The van der Waals surface area contributed by atoms with Crippen molar-refractivity contribution in [2.45, 2.75) is 19.0 Å². The molecule has 0 aromatic heterocycles. The Morgan fingerprint density at radius 3 is 2.71 bits per heavy atom. The second kappa shape index (κ2) is 6.05. The SMILES string of the molecule is CCN(C)C(=O)C1CNCC1c1cccc(C(F)(F)F)c1. The number of nitrogens with zero attached hydrogens (tertiary/aromatic N) is 1. The van der Waals surface area contributed by atoms with Gasteiger partial charge in [-0.3, -0.25) is 4.79 Å². The molecular formula is C15H19F3N2O. The number of alkyl halides is 3. The summed E-state index contributed by atoms with van der Waals surface area (Å²) >= 11 is 0. The van der Waals surface area contributed by atoms with Gasteiger partial charge in [0.2, 0.25) is 5.91 Å². The quantitative estimate of drug-likeness (QED) is 0.930. The maximum atomic E-state index is 12.8. The molecule has 2 atom stereocenters. The molecule has 1 N–H and O–H groups in total. The highest BCUT2D eigenvalue weighted by atomic mass is 19.4. The minimum absolute atomic E-state index is 0.0232. The van der Waals surface area contributed by atoms with E-state index in [0.29, 0.717) is 25.2 Å². The molecular weight excluding hydrogens is 281 g/mol. The predicted octanol–water partition coefficient (Wildman–Crippen LogP) is 2.49. The number of hydrogen-bond donors (Lipinski definition) is 1. The lowest BCUT2D eigenvalue weighted by Crippen LogP contribution is -2.35. The minimum atomic E-state index is -4.36. The van der Waals surface area contributed by atoms with Gasteiger partial charge in [0.15, 0.2) is 0 Å². The maximum Gasteiger partial charge on any atom is 0.416 e.